The van der Waals surface area contributed by atoms with Crippen molar-refractivity contribution in [2.45, 2.75) is 25.7 Å². The fourth-order valence-electron chi connectivity index (χ4n) is 2.35. The van der Waals surface area contributed by atoms with Crippen molar-refractivity contribution in [2.24, 2.45) is 0 Å². The lowest BCUT2D eigenvalue weighted by Gasteiger charge is -2.22. The standard InChI is InChI=1S/C18H22N2O3S/c1-5-19-18(21)15-9-8-14(3)17(12-15)20(4)24(22,23)16-10-6-13(2)7-11-16/h6-12H,5H2,1-4H3,(H,19,21). The number of amides is 1. The van der Waals surface area contributed by atoms with Gasteiger partial charge in [0.15, 0.2) is 0 Å². The first kappa shape index (κ1) is 18.0. The Morgan fingerprint density at radius 1 is 1.08 bits per heavy atom. The highest BCUT2D eigenvalue weighted by atomic mass is 32.2. The molecule has 6 heteroatoms. The van der Waals surface area contributed by atoms with Crippen LogP contribution in [0.15, 0.2) is 47.4 Å². The van der Waals surface area contributed by atoms with Crippen molar-refractivity contribution in [2.75, 3.05) is 17.9 Å². The molecule has 0 heterocycles. The monoisotopic (exact) mass is 346 g/mol. The minimum atomic E-state index is -3.68. The van der Waals surface area contributed by atoms with E-state index in [1.54, 1.807) is 42.5 Å². The van der Waals surface area contributed by atoms with E-state index >= 15 is 0 Å². The van der Waals surface area contributed by atoms with E-state index in [0.29, 0.717) is 17.8 Å². The molecule has 0 unspecified atom stereocenters. The van der Waals surface area contributed by atoms with Gasteiger partial charge in [0.1, 0.15) is 0 Å². The van der Waals surface area contributed by atoms with Gasteiger partial charge in [-0.25, -0.2) is 8.42 Å². The first-order valence-electron chi connectivity index (χ1n) is 7.72. The smallest absolute Gasteiger partial charge is 0.264 e. The summed E-state index contributed by atoms with van der Waals surface area (Å²) in [5.74, 6) is -0.222. The molecule has 1 N–H and O–H groups in total. The van der Waals surface area contributed by atoms with Crippen LogP contribution in [0.4, 0.5) is 5.69 Å². The summed E-state index contributed by atoms with van der Waals surface area (Å²) in [6.45, 7) is 6.07. The minimum Gasteiger partial charge on any atom is -0.352 e. The number of aryl methyl sites for hydroxylation is 2. The number of sulfonamides is 1. The molecule has 0 aliphatic carbocycles. The first-order valence-corrected chi connectivity index (χ1v) is 9.16. The molecular weight excluding hydrogens is 324 g/mol. The number of carbonyl (C=O) groups is 1. The second-order valence-electron chi connectivity index (χ2n) is 5.65. The topological polar surface area (TPSA) is 66.5 Å². The molecule has 2 aromatic carbocycles. The highest BCUT2D eigenvalue weighted by Crippen LogP contribution is 2.26. The van der Waals surface area contributed by atoms with Gasteiger partial charge in [0.25, 0.3) is 15.9 Å². The van der Waals surface area contributed by atoms with Crippen LogP contribution in [0.5, 0.6) is 0 Å². The van der Waals surface area contributed by atoms with Gasteiger partial charge in [-0.05, 0) is 50.6 Å². The molecule has 0 aromatic heterocycles. The summed E-state index contributed by atoms with van der Waals surface area (Å²) in [6.07, 6.45) is 0. The molecule has 0 spiro atoms. The Morgan fingerprint density at radius 3 is 2.29 bits per heavy atom. The lowest BCUT2D eigenvalue weighted by atomic mass is 10.1. The maximum absolute atomic E-state index is 12.8. The number of carbonyl (C=O) groups excluding carboxylic acids is 1. The van der Waals surface area contributed by atoms with Crippen LogP contribution in [-0.4, -0.2) is 27.9 Å². The average molecular weight is 346 g/mol. The molecular formula is C18H22N2O3S. The third-order valence-electron chi connectivity index (χ3n) is 3.83. The van der Waals surface area contributed by atoms with Gasteiger partial charge in [-0.2, -0.15) is 0 Å². The largest absolute Gasteiger partial charge is 0.352 e. The number of benzene rings is 2. The Hall–Kier alpha value is -2.34. The summed E-state index contributed by atoms with van der Waals surface area (Å²) < 4.78 is 26.9. The predicted octanol–water partition coefficient (Wildman–Crippen LogP) is 2.88. The molecule has 2 aromatic rings. The second kappa shape index (κ2) is 7.05. The second-order valence-corrected chi connectivity index (χ2v) is 7.62. The first-order chi connectivity index (χ1) is 11.3. The van der Waals surface area contributed by atoms with Crippen LogP contribution in [-0.2, 0) is 10.0 Å². The predicted molar refractivity (Wildman–Crippen MR) is 96.0 cm³/mol. The number of rotatable bonds is 5. The molecule has 0 atom stereocenters. The van der Waals surface area contributed by atoms with Crippen molar-refractivity contribution in [3.05, 3.63) is 59.2 Å². The summed E-state index contributed by atoms with van der Waals surface area (Å²) in [5, 5.41) is 2.72. The van der Waals surface area contributed by atoms with Crippen LogP contribution in [0, 0.1) is 13.8 Å². The SMILES string of the molecule is CCNC(=O)c1ccc(C)c(N(C)S(=O)(=O)c2ccc(C)cc2)c1. The van der Waals surface area contributed by atoms with Crippen molar-refractivity contribution in [1.29, 1.82) is 0 Å². The summed E-state index contributed by atoms with van der Waals surface area (Å²) in [6, 6.07) is 11.7. The van der Waals surface area contributed by atoms with Gasteiger partial charge in [0, 0.05) is 19.2 Å². The highest BCUT2D eigenvalue weighted by molar-refractivity contribution is 7.92. The number of hydrogen-bond acceptors (Lipinski definition) is 3. The zero-order valence-corrected chi connectivity index (χ0v) is 15.1. The van der Waals surface area contributed by atoms with E-state index in [1.807, 2.05) is 20.8 Å². The molecule has 0 saturated carbocycles. The van der Waals surface area contributed by atoms with Crippen molar-refractivity contribution in [3.8, 4) is 0 Å². The van der Waals surface area contributed by atoms with E-state index in [-0.39, 0.29) is 10.8 Å². The molecule has 0 saturated heterocycles. The minimum absolute atomic E-state index is 0.221. The quantitative estimate of drug-likeness (QED) is 0.905. The third-order valence-corrected chi connectivity index (χ3v) is 5.61. The number of anilines is 1. The Kier molecular flexibility index (Phi) is 5.29. The normalized spacial score (nSPS) is 11.2. The van der Waals surface area contributed by atoms with Gasteiger partial charge in [-0.3, -0.25) is 9.10 Å². The molecule has 0 bridgehead atoms. The average Bonchev–Trinajstić information content (AvgIpc) is 2.55. The van der Waals surface area contributed by atoms with Crippen molar-refractivity contribution in [1.82, 2.24) is 5.32 Å². The van der Waals surface area contributed by atoms with Gasteiger partial charge in [-0.15, -0.1) is 0 Å². The zero-order valence-electron chi connectivity index (χ0n) is 14.3. The molecule has 0 aliphatic heterocycles. The molecule has 128 valence electrons. The van der Waals surface area contributed by atoms with Crippen LogP contribution >= 0.6 is 0 Å². The maximum Gasteiger partial charge on any atom is 0.264 e. The molecule has 1 amide bonds. The Bertz CT molecular complexity index is 843. The van der Waals surface area contributed by atoms with E-state index in [2.05, 4.69) is 5.32 Å². The fourth-order valence-corrected chi connectivity index (χ4v) is 3.60. The van der Waals surface area contributed by atoms with Gasteiger partial charge < -0.3 is 5.32 Å². The maximum atomic E-state index is 12.8. The van der Waals surface area contributed by atoms with Gasteiger partial charge in [0.05, 0.1) is 10.6 Å². The molecule has 0 radical (unpaired) electrons. The van der Waals surface area contributed by atoms with E-state index in [9.17, 15) is 13.2 Å². The zero-order chi connectivity index (χ0) is 17.9. The summed E-state index contributed by atoms with van der Waals surface area (Å²) in [5.41, 5.74) is 2.69. The lowest BCUT2D eigenvalue weighted by Crippen LogP contribution is -2.28. The molecule has 0 aliphatic rings. The summed E-state index contributed by atoms with van der Waals surface area (Å²) in [4.78, 5) is 12.2. The Balaban J connectivity index is 2.44. The fraction of sp³-hybridized carbons (Fsp3) is 0.278. The van der Waals surface area contributed by atoms with Crippen LogP contribution in [0.3, 0.4) is 0 Å². The Morgan fingerprint density at radius 2 is 1.71 bits per heavy atom. The van der Waals surface area contributed by atoms with E-state index in [4.69, 9.17) is 0 Å². The van der Waals surface area contributed by atoms with E-state index in [0.717, 1.165) is 11.1 Å². The summed E-state index contributed by atoms with van der Waals surface area (Å²) in [7, 11) is -2.19. The van der Waals surface area contributed by atoms with Crippen LogP contribution in [0.1, 0.15) is 28.4 Å². The number of hydrogen-bond donors (Lipinski definition) is 1. The van der Waals surface area contributed by atoms with Gasteiger partial charge >= 0.3 is 0 Å². The van der Waals surface area contributed by atoms with E-state index in [1.165, 1.54) is 11.4 Å². The van der Waals surface area contributed by atoms with Crippen LogP contribution in [0.25, 0.3) is 0 Å². The molecule has 24 heavy (non-hydrogen) atoms. The molecule has 5 nitrogen and oxygen atoms in total. The van der Waals surface area contributed by atoms with E-state index < -0.39 is 10.0 Å². The van der Waals surface area contributed by atoms with Crippen molar-refractivity contribution < 1.29 is 13.2 Å². The van der Waals surface area contributed by atoms with Gasteiger partial charge in [-0.1, -0.05) is 23.8 Å². The highest BCUT2D eigenvalue weighted by Gasteiger charge is 2.23. The molecule has 2 rings (SSSR count). The Labute approximate surface area is 143 Å². The number of nitrogens with one attached hydrogen (secondary N) is 1. The lowest BCUT2D eigenvalue weighted by molar-refractivity contribution is 0.0956. The molecule has 0 fully saturated rings. The van der Waals surface area contributed by atoms with Crippen LogP contribution in [0.2, 0.25) is 0 Å². The number of nitrogens with zero attached hydrogens (tertiary/aromatic N) is 1. The third kappa shape index (κ3) is 3.59. The van der Waals surface area contributed by atoms with Gasteiger partial charge in [0.2, 0.25) is 0 Å². The van der Waals surface area contributed by atoms with Crippen LogP contribution < -0.4 is 9.62 Å². The van der Waals surface area contributed by atoms with Crippen molar-refractivity contribution in [3.63, 3.8) is 0 Å². The summed E-state index contributed by atoms with van der Waals surface area (Å²) >= 11 is 0. The van der Waals surface area contributed by atoms with Crippen molar-refractivity contribution >= 4 is 21.6 Å².